The second-order valence-corrected chi connectivity index (χ2v) is 6.07. The van der Waals surface area contributed by atoms with Crippen molar-refractivity contribution in [2.24, 2.45) is 11.8 Å². The maximum Gasteiger partial charge on any atom is 0.224 e. The van der Waals surface area contributed by atoms with Gasteiger partial charge in [0.2, 0.25) is 5.28 Å². The smallest absolute Gasteiger partial charge is 0.224 e. The zero-order valence-corrected chi connectivity index (χ0v) is 12.5. The number of piperidine rings is 1. The molecule has 0 bridgehead atoms. The Morgan fingerprint density at radius 3 is 2.65 bits per heavy atom. The molecular formula is C12H17BrClN3. The Hall–Kier alpha value is -0.350. The molecule has 94 valence electrons. The minimum absolute atomic E-state index is 0.314. The van der Waals surface area contributed by atoms with Gasteiger partial charge in [0.15, 0.2) is 0 Å². The van der Waals surface area contributed by atoms with Crippen LogP contribution in [-0.2, 0) is 0 Å². The van der Waals surface area contributed by atoms with Crippen molar-refractivity contribution in [1.29, 1.82) is 0 Å². The first kappa shape index (κ1) is 13.1. The Bertz CT molecular complexity index is 389. The molecule has 1 aliphatic heterocycles. The summed E-state index contributed by atoms with van der Waals surface area (Å²) in [5.41, 5.74) is 0. The van der Waals surface area contributed by atoms with E-state index in [9.17, 15) is 0 Å². The Morgan fingerprint density at radius 1 is 1.41 bits per heavy atom. The van der Waals surface area contributed by atoms with Gasteiger partial charge in [-0.1, -0.05) is 13.8 Å². The van der Waals surface area contributed by atoms with E-state index in [-0.39, 0.29) is 0 Å². The zero-order chi connectivity index (χ0) is 12.4. The van der Waals surface area contributed by atoms with Crippen molar-refractivity contribution < 1.29 is 0 Å². The van der Waals surface area contributed by atoms with Crippen LogP contribution in [0.25, 0.3) is 0 Å². The number of aromatic nitrogens is 2. The van der Waals surface area contributed by atoms with E-state index in [4.69, 9.17) is 11.6 Å². The van der Waals surface area contributed by atoms with Gasteiger partial charge in [0.05, 0.1) is 4.47 Å². The lowest BCUT2D eigenvalue weighted by Gasteiger charge is -2.34. The van der Waals surface area contributed by atoms with Crippen LogP contribution in [0.3, 0.4) is 0 Å². The molecule has 3 nitrogen and oxygen atoms in total. The van der Waals surface area contributed by atoms with E-state index in [2.05, 4.69) is 44.6 Å². The number of hydrogen-bond acceptors (Lipinski definition) is 3. The summed E-state index contributed by atoms with van der Waals surface area (Å²) in [6, 6.07) is 0. The zero-order valence-electron chi connectivity index (χ0n) is 10.2. The number of halogens is 2. The third-order valence-corrected chi connectivity index (χ3v) is 4.22. The lowest BCUT2D eigenvalue weighted by molar-refractivity contribution is 0.310. The summed E-state index contributed by atoms with van der Waals surface area (Å²) in [6.07, 6.45) is 4.18. The van der Waals surface area contributed by atoms with E-state index >= 15 is 0 Å². The molecule has 1 fully saturated rings. The first-order chi connectivity index (χ1) is 8.08. The van der Waals surface area contributed by atoms with E-state index in [1.807, 2.05) is 0 Å². The van der Waals surface area contributed by atoms with Gasteiger partial charge in [-0.25, -0.2) is 4.98 Å². The summed E-state index contributed by atoms with van der Waals surface area (Å²) >= 11 is 9.33. The molecule has 0 aromatic carbocycles. The van der Waals surface area contributed by atoms with Gasteiger partial charge in [-0.3, -0.25) is 0 Å². The number of anilines is 1. The van der Waals surface area contributed by atoms with Gasteiger partial charge in [0.25, 0.3) is 0 Å². The molecule has 0 amide bonds. The molecule has 1 aromatic rings. The van der Waals surface area contributed by atoms with Crippen molar-refractivity contribution in [2.75, 3.05) is 18.0 Å². The van der Waals surface area contributed by atoms with Crippen molar-refractivity contribution in [2.45, 2.75) is 26.7 Å². The quantitative estimate of drug-likeness (QED) is 0.777. The lowest BCUT2D eigenvalue weighted by Crippen LogP contribution is -2.36. The highest BCUT2D eigenvalue weighted by molar-refractivity contribution is 9.10. The van der Waals surface area contributed by atoms with Gasteiger partial charge in [-0.15, -0.1) is 0 Å². The van der Waals surface area contributed by atoms with Crippen molar-refractivity contribution in [3.05, 3.63) is 16.0 Å². The predicted molar refractivity (Wildman–Crippen MR) is 74.5 cm³/mol. The molecule has 0 saturated carbocycles. The van der Waals surface area contributed by atoms with Crippen molar-refractivity contribution in [3.63, 3.8) is 0 Å². The average Bonchev–Trinajstić information content (AvgIpc) is 2.32. The van der Waals surface area contributed by atoms with Gasteiger partial charge >= 0.3 is 0 Å². The minimum Gasteiger partial charge on any atom is -0.356 e. The van der Waals surface area contributed by atoms with Crippen molar-refractivity contribution in [3.8, 4) is 0 Å². The Labute approximate surface area is 116 Å². The van der Waals surface area contributed by atoms with Crippen LogP contribution in [0.15, 0.2) is 10.7 Å². The molecule has 1 saturated heterocycles. The maximum absolute atomic E-state index is 5.85. The summed E-state index contributed by atoms with van der Waals surface area (Å²) in [5.74, 6) is 2.53. The third-order valence-electron chi connectivity index (χ3n) is 3.48. The highest BCUT2D eigenvalue weighted by atomic mass is 79.9. The SMILES string of the molecule is CC(C)C1CCN(c2nc(Cl)ncc2Br)CC1. The molecule has 0 atom stereocenters. The number of hydrogen-bond donors (Lipinski definition) is 0. The third kappa shape index (κ3) is 3.10. The Balaban J connectivity index is 2.07. The van der Waals surface area contributed by atoms with Gasteiger partial charge in [-0.2, -0.15) is 4.98 Å². The molecule has 0 unspecified atom stereocenters. The van der Waals surface area contributed by atoms with E-state index in [0.29, 0.717) is 5.28 Å². The summed E-state index contributed by atoms with van der Waals surface area (Å²) in [6.45, 7) is 6.71. The summed E-state index contributed by atoms with van der Waals surface area (Å²) < 4.78 is 0.921. The molecule has 17 heavy (non-hydrogen) atoms. The van der Waals surface area contributed by atoms with Crippen LogP contribution in [0.1, 0.15) is 26.7 Å². The van der Waals surface area contributed by atoms with E-state index in [1.54, 1.807) is 6.20 Å². The number of nitrogens with zero attached hydrogens (tertiary/aromatic N) is 3. The van der Waals surface area contributed by atoms with Crippen LogP contribution >= 0.6 is 27.5 Å². The fraction of sp³-hybridized carbons (Fsp3) is 0.667. The molecule has 0 aliphatic carbocycles. The Kier molecular flexibility index (Phi) is 4.26. The van der Waals surface area contributed by atoms with Gasteiger partial charge < -0.3 is 4.90 Å². The molecule has 1 aromatic heterocycles. The summed E-state index contributed by atoms with van der Waals surface area (Å²) in [4.78, 5) is 10.5. The molecular weight excluding hydrogens is 302 g/mol. The fourth-order valence-corrected chi connectivity index (χ4v) is 2.91. The molecule has 0 N–H and O–H groups in total. The van der Waals surface area contributed by atoms with Gasteiger partial charge in [0.1, 0.15) is 5.82 Å². The molecule has 0 radical (unpaired) electrons. The largest absolute Gasteiger partial charge is 0.356 e. The normalized spacial score (nSPS) is 17.8. The van der Waals surface area contributed by atoms with Crippen LogP contribution in [0.2, 0.25) is 5.28 Å². The Morgan fingerprint density at radius 2 is 2.06 bits per heavy atom. The fourth-order valence-electron chi connectivity index (χ4n) is 2.34. The van der Waals surface area contributed by atoms with Crippen LogP contribution < -0.4 is 4.90 Å². The van der Waals surface area contributed by atoms with Crippen molar-refractivity contribution >= 4 is 33.3 Å². The van der Waals surface area contributed by atoms with Crippen LogP contribution in [0, 0.1) is 11.8 Å². The van der Waals surface area contributed by atoms with Crippen LogP contribution in [0.4, 0.5) is 5.82 Å². The highest BCUT2D eigenvalue weighted by Crippen LogP contribution is 2.30. The summed E-state index contributed by atoms with van der Waals surface area (Å²) in [7, 11) is 0. The molecule has 2 heterocycles. The van der Waals surface area contributed by atoms with Crippen LogP contribution in [-0.4, -0.2) is 23.1 Å². The average molecular weight is 319 g/mol. The lowest BCUT2D eigenvalue weighted by atomic mass is 9.87. The topological polar surface area (TPSA) is 29.0 Å². The monoisotopic (exact) mass is 317 g/mol. The van der Waals surface area contributed by atoms with E-state index in [0.717, 1.165) is 35.2 Å². The van der Waals surface area contributed by atoms with Gasteiger partial charge in [0, 0.05) is 19.3 Å². The maximum atomic E-state index is 5.85. The van der Waals surface area contributed by atoms with E-state index in [1.165, 1.54) is 12.8 Å². The number of rotatable bonds is 2. The summed E-state index contributed by atoms with van der Waals surface area (Å²) in [5, 5.41) is 0.314. The second-order valence-electron chi connectivity index (χ2n) is 4.88. The van der Waals surface area contributed by atoms with Crippen molar-refractivity contribution in [1.82, 2.24) is 9.97 Å². The van der Waals surface area contributed by atoms with Crippen LogP contribution in [0.5, 0.6) is 0 Å². The molecule has 1 aliphatic rings. The van der Waals surface area contributed by atoms with Gasteiger partial charge in [-0.05, 0) is 52.2 Å². The first-order valence-corrected chi connectivity index (χ1v) is 7.18. The first-order valence-electron chi connectivity index (χ1n) is 6.01. The predicted octanol–water partition coefficient (Wildman–Crippen LogP) is 3.76. The highest BCUT2D eigenvalue weighted by Gasteiger charge is 2.23. The second kappa shape index (κ2) is 5.53. The minimum atomic E-state index is 0.314. The van der Waals surface area contributed by atoms with E-state index < -0.39 is 0 Å². The molecule has 2 rings (SSSR count). The molecule has 5 heteroatoms. The standard InChI is InChI=1S/C12H17BrClN3/c1-8(2)9-3-5-17(6-4-9)11-10(13)7-15-12(14)16-11/h7-9H,3-6H2,1-2H3. The molecule has 0 spiro atoms.